The second kappa shape index (κ2) is 7.11. The molecule has 2 aliphatic heterocycles. The van der Waals surface area contributed by atoms with Crippen molar-refractivity contribution in [2.24, 2.45) is 29.6 Å². The topological polar surface area (TPSA) is 75.7 Å². The number of likely N-dealkylation sites (tertiary alicyclic amines) is 1. The second-order valence-corrected chi connectivity index (χ2v) is 10.1. The van der Waals surface area contributed by atoms with Gasteiger partial charge in [0.1, 0.15) is 6.10 Å². The van der Waals surface area contributed by atoms with Gasteiger partial charge in [-0.15, -0.1) is 0 Å². The van der Waals surface area contributed by atoms with E-state index in [2.05, 4.69) is 28.2 Å². The van der Waals surface area contributed by atoms with Crippen molar-refractivity contribution in [3.8, 4) is 0 Å². The summed E-state index contributed by atoms with van der Waals surface area (Å²) < 4.78 is 5.49. The molecule has 0 radical (unpaired) electrons. The van der Waals surface area contributed by atoms with Crippen molar-refractivity contribution >= 4 is 39.4 Å². The molecule has 2 amide bonds. The third kappa shape index (κ3) is 3.09. The minimum atomic E-state index is -0.376. The van der Waals surface area contributed by atoms with Crippen LogP contribution in [-0.2, 0) is 14.3 Å². The van der Waals surface area contributed by atoms with Crippen LogP contribution in [0.25, 0.3) is 0 Å². The summed E-state index contributed by atoms with van der Waals surface area (Å²) in [7, 11) is 0. The Morgan fingerprint density at radius 1 is 1.21 bits per heavy atom. The first kappa shape index (κ1) is 19.1. The number of fused-ring (bicyclic) bond motifs is 1. The average Bonchev–Trinajstić information content (AvgIpc) is 3.32. The number of halogens is 1. The van der Waals surface area contributed by atoms with Crippen LogP contribution >= 0.6 is 15.9 Å². The summed E-state index contributed by atoms with van der Waals surface area (Å²) in [4.78, 5) is 40.1. The van der Waals surface area contributed by atoms with E-state index in [0.29, 0.717) is 17.2 Å². The van der Waals surface area contributed by atoms with Crippen LogP contribution in [0.4, 0.5) is 5.69 Å². The molecule has 1 aromatic rings. The van der Waals surface area contributed by atoms with E-state index >= 15 is 0 Å². The summed E-state index contributed by atoms with van der Waals surface area (Å²) >= 11 is 3.64. The van der Waals surface area contributed by atoms with Gasteiger partial charge in [0.15, 0.2) is 0 Å². The molecular formula is C22H25BrN2O4. The van der Waals surface area contributed by atoms with Gasteiger partial charge < -0.3 is 15.0 Å². The number of anilines is 1. The van der Waals surface area contributed by atoms with E-state index in [9.17, 15) is 14.4 Å². The summed E-state index contributed by atoms with van der Waals surface area (Å²) in [5.41, 5.74) is 1.19. The highest BCUT2D eigenvalue weighted by Gasteiger charge is 2.67. The van der Waals surface area contributed by atoms with Gasteiger partial charge in [0.2, 0.25) is 5.91 Å². The number of alkyl halides is 1. The van der Waals surface area contributed by atoms with E-state index in [1.807, 2.05) is 4.90 Å². The van der Waals surface area contributed by atoms with Crippen molar-refractivity contribution < 1.29 is 19.1 Å². The largest absolute Gasteiger partial charge is 0.461 e. The van der Waals surface area contributed by atoms with E-state index in [4.69, 9.17) is 4.74 Å². The maximum absolute atomic E-state index is 13.1. The number of amides is 2. The van der Waals surface area contributed by atoms with E-state index in [-0.39, 0.29) is 52.4 Å². The number of piperidine rings is 1. The van der Waals surface area contributed by atoms with Crippen molar-refractivity contribution in [2.45, 2.75) is 37.1 Å². The Morgan fingerprint density at radius 3 is 2.72 bits per heavy atom. The zero-order valence-electron chi connectivity index (χ0n) is 16.3. The van der Waals surface area contributed by atoms with Crippen LogP contribution in [0.5, 0.6) is 0 Å². The Morgan fingerprint density at radius 2 is 1.97 bits per heavy atom. The molecule has 2 saturated heterocycles. The molecule has 5 rings (SSSR count). The van der Waals surface area contributed by atoms with E-state index in [1.165, 1.54) is 0 Å². The average molecular weight is 461 g/mol. The lowest BCUT2D eigenvalue weighted by atomic mass is 9.79. The van der Waals surface area contributed by atoms with E-state index in [1.54, 1.807) is 24.3 Å². The van der Waals surface area contributed by atoms with Crippen LogP contribution in [0, 0.1) is 29.6 Å². The van der Waals surface area contributed by atoms with Crippen LogP contribution in [0.3, 0.4) is 0 Å². The number of nitrogens with one attached hydrogen (secondary N) is 1. The van der Waals surface area contributed by atoms with Gasteiger partial charge in [0.05, 0.1) is 16.7 Å². The fourth-order valence-corrected chi connectivity index (χ4v) is 6.72. The summed E-state index contributed by atoms with van der Waals surface area (Å²) in [6, 6.07) is 7.12. The number of benzene rings is 1. The van der Waals surface area contributed by atoms with Gasteiger partial charge in [-0.05, 0) is 49.3 Å². The van der Waals surface area contributed by atoms with Crippen LogP contribution in [0.15, 0.2) is 24.3 Å². The lowest BCUT2D eigenvalue weighted by Crippen LogP contribution is -2.40. The van der Waals surface area contributed by atoms with Gasteiger partial charge in [-0.25, -0.2) is 0 Å². The summed E-state index contributed by atoms with van der Waals surface area (Å²) in [6.07, 6.45) is 2.81. The van der Waals surface area contributed by atoms with Crippen molar-refractivity contribution in [1.29, 1.82) is 0 Å². The first-order chi connectivity index (χ1) is 13.9. The molecule has 2 heterocycles. The molecule has 1 aromatic carbocycles. The monoisotopic (exact) mass is 460 g/mol. The molecule has 6 nitrogen and oxygen atoms in total. The molecule has 1 N–H and O–H groups in total. The van der Waals surface area contributed by atoms with Gasteiger partial charge >= 0.3 is 5.97 Å². The Hall–Kier alpha value is -1.89. The SMILES string of the molecule is CC1CCN(C(=O)c2cccc(NC(=O)[C@@H]3[C@H]4C[C@H]5[C@H](OC(=O)[C@H]53)[C@@H]4Br)c2)CC1. The molecule has 0 spiro atoms. The molecule has 0 aromatic heterocycles. The molecule has 6 atom stereocenters. The van der Waals surface area contributed by atoms with Gasteiger partial charge in [0, 0.05) is 30.3 Å². The fourth-order valence-electron chi connectivity index (χ4n) is 5.68. The van der Waals surface area contributed by atoms with Gasteiger partial charge in [-0.3, -0.25) is 14.4 Å². The highest BCUT2D eigenvalue weighted by atomic mass is 79.9. The van der Waals surface area contributed by atoms with Gasteiger partial charge in [-0.1, -0.05) is 28.9 Å². The Kier molecular flexibility index (Phi) is 4.68. The maximum atomic E-state index is 13.1. The predicted molar refractivity (Wildman–Crippen MR) is 111 cm³/mol. The molecule has 2 aliphatic carbocycles. The van der Waals surface area contributed by atoms with E-state index < -0.39 is 0 Å². The minimum Gasteiger partial charge on any atom is -0.461 e. The second-order valence-electron chi connectivity index (χ2n) is 9.01. The highest BCUT2D eigenvalue weighted by molar-refractivity contribution is 9.09. The Balaban J connectivity index is 1.30. The van der Waals surface area contributed by atoms with Crippen LogP contribution < -0.4 is 5.32 Å². The maximum Gasteiger partial charge on any atom is 0.310 e. The lowest BCUT2D eigenvalue weighted by molar-refractivity contribution is -0.145. The number of esters is 1. The number of nitrogens with zero attached hydrogens (tertiary/aromatic N) is 1. The summed E-state index contributed by atoms with van der Waals surface area (Å²) in [5, 5.41) is 2.96. The number of rotatable bonds is 3. The standard InChI is InChI=1S/C22H25BrN2O4/c1-11-5-7-25(8-6-11)21(27)12-3-2-4-13(9-12)24-20(26)16-14-10-15-17(16)22(28)29-19(15)18(14)23/h2-4,9,11,14-19H,5-8,10H2,1H3,(H,24,26)/t14-,15-,16-,17-,18-,19+/m1/s1. The van der Waals surface area contributed by atoms with Crippen LogP contribution in [-0.4, -0.2) is 46.7 Å². The number of carbonyl (C=O) groups excluding carboxylic acids is 3. The Labute approximate surface area is 178 Å². The van der Waals surface area contributed by atoms with Crippen molar-refractivity contribution in [3.63, 3.8) is 0 Å². The Bertz CT molecular complexity index is 866. The molecule has 154 valence electrons. The molecule has 7 heteroatoms. The molecule has 4 fully saturated rings. The molecular weight excluding hydrogens is 436 g/mol. The predicted octanol–water partition coefficient (Wildman–Crippen LogP) is 3.07. The molecule has 2 bridgehead atoms. The third-order valence-corrected chi connectivity index (χ3v) is 8.47. The fraction of sp³-hybridized carbons (Fsp3) is 0.591. The number of carbonyl (C=O) groups is 3. The van der Waals surface area contributed by atoms with Crippen molar-refractivity contribution in [2.75, 3.05) is 18.4 Å². The van der Waals surface area contributed by atoms with Crippen molar-refractivity contribution in [1.82, 2.24) is 4.90 Å². The molecule has 4 aliphatic rings. The minimum absolute atomic E-state index is 0.00987. The zero-order chi connectivity index (χ0) is 20.3. The van der Waals surface area contributed by atoms with Gasteiger partial charge in [-0.2, -0.15) is 0 Å². The first-order valence-electron chi connectivity index (χ1n) is 10.5. The first-order valence-corrected chi connectivity index (χ1v) is 11.4. The summed E-state index contributed by atoms with van der Waals surface area (Å²) in [5.74, 6) is -0.183. The highest BCUT2D eigenvalue weighted by Crippen LogP contribution is 2.60. The van der Waals surface area contributed by atoms with Crippen molar-refractivity contribution in [3.05, 3.63) is 29.8 Å². The summed E-state index contributed by atoms with van der Waals surface area (Å²) in [6.45, 7) is 3.77. The molecule has 2 saturated carbocycles. The molecule has 29 heavy (non-hydrogen) atoms. The quantitative estimate of drug-likeness (QED) is 0.555. The van der Waals surface area contributed by atoms with Crippen LogP contribution in [0.1, 0.15) is 36.5 Å². The van der Waals surface area contributed by atoms with E-state index in [0.717, 1.165) is 32.4 Å². The number of ether oxygens (including phenoxy) is 1. The smallest absolute Gasteiger partial charge is 0.310 e. The number of hydrogen-bond acceptors (Lipinski definition) is 4. The van der Waals surface area contributed by atoms with Gasteiger partial charge in [0.25, 0.3) is 5.91 Å². The zero-order valence-corrected chi connectivity index (χ0v) is 17.9. The van der Waals surface area contributed by atoms with Crippen LogP contribution in [0.2, 0.25) is 0 Å². The number of hydrogen-bond donors (Lipinski definition) is 1. The molecule has 0 unspecified atom stereocenters. The lowest BCUT2D eigenvalue weighted by Gasteiger charge is -2.30. The third-order valence-electron chi connectivity index (χ3n) is 7.27. The normalized spacial score (nSPS) is 35.7.